The van der Waals surface area contributed by atoms with Gasteiger partial charge in [0.2, 0.25) is 0 Å². The van der Waals surface area contributed by atoms with E-state index in [9.17, 15) is 4.79 Å². The van der Waals surface area contributed by atoms with Gasteiger partial charge in [0.15, 0.2) is 11.5 Å². The number of aromatic amines is 1. The number of hydrogen-bond donors (Lipinski definition) is 2. The Hall–Kier alpha value is -2.25. The van der Waals surface area contributed by atoms with Crippen molar-refractivity contribution in [1.82, 2.24) is 15.3 Å². The highest BCUT2D eigenvalue weighted by Crippen LogP contribution is 2.34. The van der Waals surface area contributed by atoms with E-state index in [0.717, 1.165) is 47.0 Å². The monoisotopic (exact) mass is 491 g/mol. The molecule has 1 fully saturated rings. The summed E-state index contributed by atoms with van der Waals surface area (Å²) in [5.41, 5.74) is 2.62. The van der Waals surface area contributed by atoms with Crippen molar-refractivity contribution < 1.29 is 14.3 Å². The minimum Gasteiger partial charge on any atom is -0.486 e. The largest absolute Gasteiger partial charge is 0.486 e. The van der Waals surface area contributed by atoms with Crippen molar-refractivity contribution in [3.8, 4) is 11.5 Å². The Balaban J connectivity index is 0.00000218. The van der Waals surface area contributed by atoms with Crippen LogP contribution in [0.1, 0.15) is 47.8 Å². The third kappa shape index (κ3) is 4.27. The summed E-state index contributed by atoms with van der Waals surface area (Å²) < 4.78 is 12.2. The Labute approximate surface area is 189 Å². The summed E-state index contributed by atoms with van der Waals surface area (Å²) in [5.74, 6) is 2.60. The lowest BCUT2D eigenvalue weighted by atomic mass is 9.85. The molecule has 0 radical (unpaired) electrons. The Morgan fingerprint density at radius 3 is 2.80 bits per heavy atom. The molecule has 5 rings (SSSR count). The summed E-state index contributed by atoms with van der Waals surface area (Å²) in [6, 6.07) is 11.6. The molecule has 0 bridgehead atoms. The summed E-state index contributed by atoms with van der Waals surface area (Å²) in [4.78, 5) is 21.0. The summed E-state index contributed by atoms with van der Waals surface area (Å²) in [5, 5.41) is 3.20. The lowest BCUT2D eigenvalue weighted by molar-refractivity contribution is 0.0923. The van der Waals surface area contributed by atoms with E-state index in [2.05, 4.69) is 32.3 Å². The normalized spacial score (nSPS) is 20.4. The molecule has 2 aliphatic rings. The van der Waals surface area contributed by atoms with Crippen LogP contribution >= 0.6 is 28.3 Å². The van der Waals surface area contributed by atoms with Crippen molar-refractivity contribution in [2.75, 3.05) is 13.2 Å². The molecule has 1 aliphatic heterocycles. The van der Waals surface area contributed by atoms with Gasteiger partial charge in [0, 0.05) is 22.0 Å². The van der Waals surface area contributed by atoms with Gasteiger partial charge >= 0.3 is 0 Å². The Morgan fingerprint density at radius 2 is 1.93 bits per heavy atom. The number of fused-ring (bicyclic) bond motifs is 2. The SMILES string of the molecule is Cl.O=C(NC1CCCC(c2nc3ccc(Br)cc3[nH]2)C1)c1ccc2c(c1)OCCO2. The highest BCUT2D eigenvalue weighted by Gasteiger charge is 2.27. The molecule has 8 heteroatoms. The topological polar surface area (TPSA) is 76.2 Å². The van der Waals surface area contributed by atoms with E-state index in [4.69, 9.17) is 14.5 Å². The Morgan fingerprint density at radius 1 is 1.10 bits per heavy atom. The van der Waals surface area contributed by atoms with Crippen LogP contribution in [-0.4, -0.2) is 35.1 Å². The van der Waals surface area contributed by atoms with Crippen LogP contribution in [0.3, 0.4) is 0 Å². The number of rotatable bonds is 3. The number of ether oxygens (including phenoxy) is 2. The number of amides is 1. The van der Waals surface area contributed by atoms with Gasteiger partial charge in [-0.1, -0.05) is 22.4 Å². The fourth-order valence-electron chi connectivity index (χ4n) is 4.22. The van der Waals surface area contributed by atoms with E-state index in [0.29, 0.717) is 36.2 Å². The first-order valence-electron chi connectivity index (χ1n) is 10.0. The van der Waals surface area contributed by atoms with Gasteiger partial charge in [-0.3, -0.25) is 4.79 Å². The van der Waals surface area contributed by atoms with Crippen molar-refractivity contribution in [1.29, 1.82) is 0 Å². The van der Waals surface area contributed by atoms with E-state index in [1.807, 2.05) is 12.1 Å². The minimum absolute atomic E-state index is 0. The number of carbonyl (C=O) groups excluding carboxylic acids is 1. The predicted molar refractivity (Wildman–Crippen MR) is 121 cm³/mol. The van der Waals surface area contributed by atoms with Gasteiger partial charge in [-0.25, -0.2) is 4.98 Å². The van der Waals surface area contributed by atoms with Gasteiger partial charge in [-0.2, -0.15) is 0 Å². The average Bonchev–Trinajstić information content (AvgIpc) is 3.17. The molecular formula is C22H23BrClN3O3. The number of aromatic nitrogens is 2. The zero-order valence-corrected chi connectivity index (χ0v) is 18.7. The van der Waals surface area contributed by atoms with Gasteiger partial charge < -0.3 is 19.8 Å². The number of halogens is 2. The van der Waals surface area contributed by atoms with Crippen LogP contribution < -0.4 is 14.8 Å². The van der Waals surface area contributed by atoms with Crippen LogP contribution in [0.2, 0.25) is 0 Å². The number of H-pyrrole nitrogens is 1. The zero-order valence-electron chi connectivity index (χ0n) is 16.3. The van der Waals surface area contributed by atoms with E-state index < -0.39 is 0 Å². The first kappa shape index (κ1) is 21.0. The molecule has 30 heavy (non-hydrogen) atoms. The number of hydrogen-bond acceptors (Lipinski definition) is 4. The maximum absolute atomic E-state index is 12.8. The second-order valence-corrected chi connectivity index (χ2v) is 8.59. The number of carbonyl (C=O) groups is 1. The molecule has 0 saturated heterocycles. The minimum atomic E-state index is -0.0684. The number of nitrogens with one attached hydrogen (secondary N) is 2. The van der Waals surface area contributed by atoms with E-state index in [1.165, 1.54) is 0 Å². The molecule has 3 aromatic rings. The molecule has 1 saturated carbocycles. The van der Waals surface area contributed by atoms with E-state index >= 15 is 0 Å². The molecule has 1 aromatic heterocycles. The molecule has 2 unspecified atom stereocenters. The summed E-state index contributed by atoms with van der Waals surface area (Å²) in [7, 11) is 0. The maximum Gasteiger partial charge on any atom is 0.251 e. The quantitative estimate of drug-likeness (QED) is 0.541. The molecule has 2 aromatic carbocycles. The maximum atomic E-state index is 12.8. The molecule has 2 atom stereocenters. The van der Waals surface area contributed by atoms with Crippen molar-refractivity contribution in [3.05, 3.63) is 52.3 Å². The molecular weight excluding hydrogens is 470 g/mol. The van der Waals surface area contributed by atoms with Crippen molar-refractivity contribution in [2.24, 2.45) is 0 Å². The van der Waals surface area contributed by atoms with Crippen LogP contribution in [0.15, 0.2) is 40.9 Å². The lowest BCUT2D eigenvalue weighted by Crippen LogP contribution is -2.38. The van der Waals surface area contributed by atoms with Gasteiger partial charge in [-0.05, 0) is 55.7 Å². The fourth-order valence-corrected chi connectivity index (χ4v) is 4.58. The van der Waals surface area contributed by atoms with Gasteiger partial charge in [0.25, 0.3) is 5.91 Å². The molecule has 2 N–H and O–H groups in total. The summed E-state index contributed by atoms with van der Waals surface area (Å²) in [6.45, 7) is 1.05. The van der Waals surface area contributed by atoms with Crippen molar-refractivity contribution in [2.45, 2.75) is 37.6 Å². The van der Waals surface area contributed by atoms with Crippen LogP contribution in [0, 0.1) is 0 Å². The molecule has 0 spiro atoms. The van der Waals surface area contributed by atoms with E-state index in [-0.39, 0.29) is 24.4 Å². The smallest absolute Gasteiger partial charge is 0.251 e. The Bertz CT molecular complexity index is 1070. The summed E-state index contributed by atoms with van der Waals surface area (Å²) >= 11 is 3.51. The average molecular weight is 493 g/mol. The highest BCUT2D eigenvalue weighted by molar-refractivity contribution is 9.10. The third-order valence-corrected chi connectivity index (χ3v) is 6.16. The fraction of sp³-hybridized carbons (Fsp3) is 0.364. The standard InChI is InChI=1S/C22H22BrN3O3.ClH/c23-15-5-6-17-18(12-15)26-21(25-17)13-2-1-3-16(10-13)24-22(27)14-4-7-19-20(11-14)29-9-8-28-19;/h4-7,11-13,16H,1-3,8-10H2,(H,24,27)(H,25,26);1H. The predicted octanol–water partition coefficient (Wildman–Crippen LogP) is 4.97. The lowest BCUT2D eigenvalue weighted by Gasteiger charge is -2.29. The first-order chi connectivity index (χ1) is 14.2. The zero-order chi connectivity index (χ0) is 19.8. The third-order valence-electron chi connectivity index (χ3n) is 5.66. The van der Waals surface area contributed by atoms with Crippen LogP contribution in [0.5, 0.6) is 11.5 Å². The van der Waals surface area contributed by atoms with Gasteiger partial charge in [0.1, 0.15) is 19.0 Å². The van der Waals surface area contributed by atoms with Gasteiger partial charge in [0.05, 0.1) is 11.0 Å². The van der Waals surface area contributed by atoms with Crippen molar-refractivity contribution >= 4 is 45.3 Å². The molecule has 2 heterocycles. The molecule has 158 valence electrons. The van der Waals surface area contributed by atoms with Crippen LogP contribution in [-0.2, 0) is 0 Å². The van der Waals surface area contributed by atoms with Gasteiger partial charge in [-0.15, -0.1) is 12.4 Å². The second-order valence-electron chi connectivity index (χ2n) is 7.68. The Kier molecular flexibility index (Phi) is 6.20. The number of nitrogens with zero attached hydrogens (tertiary/aromatic N) is 1. The first-order valence-corrected chi connectivity index (χ1v) is 10.8. The highest BCUT2D eigenvalue weighted by atomic mass is 79.9. The summed E-state index contributed by atoms with van der Waals surface area (Å²) in [6.07, 6.45) is 4.02. The second kappa shape index (κ2) is 8.86. The molecule has 6 nitrogen and oxygen atoms in total. The van der Waals surface area contributed by atoms with E-state index in [1.54, 1.807) is 18.2 Å². The molecule has 1 aliphatic carbocycles. The molecule has 1 amide bonds. The van der Waals surface area contributed by atoms with Crippen LogP contribution in [0.4, 0.5) is 0 Å². The number of benzene rings is 2. The van der Waals surface area contributed by atoms with Crippen molar-refractivity contribution in [3.63, 3.8) is 0 Å². The van der Waals surface area contributed by atoms with Crippen LogP contribution in [0.25, 0.3) is 11.0 Å². The number of imidazole rings is 1.